The largest absolute Gasteiger partial charge is 0.507 e. The van der Waals surface area contributed by atoms with Crippen molar-refractivity contribution in [1.82, 2.24) is 9.88 Å². The number of hydrogen-bond donors (Lipinski definition) is 2. The van der Waals surface area contributed by atoms with Gasteiger partial charge in [0.05, 0.1) is 22.2 Å². The average molecular weight is 371 g/mol. The highest BCUT2D eigenvalue weighted by Gasteiger charge is 2.20. The molecule has 0 bridgehead atoms. The second-order valence-corrected chi connectivity index (χ2v) is 5.88. The Morgan fingerprint density at radius 3 is 2.67 bits per heavy atom. The summed E-state index contributed by atoms with van der Waals surface area (Å²) in [5, 5.41) is 10.7. The number of rotatable bonds is 6. The molecule has 128 valence electrons. The number of H-pyrrole nitrogens is 1. The van der Waals surface area contributed by atoms with Gasteiger partial charge in [-0.05, 0) is 17.7 Å². The number of aromatic nitrogens is 1. The number of aromatic hydroxyl groups is 1. The quantitative estimate of drug-likeness (QED) is 0.818. The maximum absolute atomic E-state index is 12.7. The van der Waals surface area contributed by atoms with Crippen molar-refractivity contribution in [3.8, 4) is 5.75 Å². The van der Waals surface area contributed by atoms with Gasteiger partial charge in [0.2, 0.25) is 0 Å². The normalized spacial score (nSPS) is 10.6. The Morgan fingerprint density at radius 2 is 2.04 bits per heavy atom. The molecule has 0 fully saturated rings. The van der Waals surface area contributed by atoms with Gasteiger partial charge in [-0.1, -0.05) is 29.3 Å². The van der Waals surface area contributed by atoms with E-state index in [1.807, 2.05) is 0 Å². The van der Waals surface area contributed by atoms with Crippen LogP contribution in [0.1, 0.15) is 15.9 Å². The Balaban J connectivity index is 2.27. The van der Waals surface area contributed by atoms with Crippen molar-refractivity contribution >= 4 is 29.1 Å². The van der Waals surface area contributed by atoms with Gasteiger partial charge in [0.1, 0.15) is 5.75 Å². The molecule has 0 spiro atoms. The second kappa shape index (κ2) is 8.19. The molecule has 8 heteroatoms. The number of carbonyl (C=O) groups excluding carboxylic acids is 1. The topological polar surface area (TPSA) is 82.6 Å². The predicted molar refractivity (Wildman–Crippen MR) is 91.8 cm³/mol. The Morgan fingerprint density at radius 1 is 1.29 bits per heavy atom. The van der Waals surface area contributed by atoms with Crippen LogP contribution in [0.4, 0.5) is 0 Å². The van der Waals surface area contributed by atoms with Crippen molar-refractivity contribution in [2.24, 2.45) is 0 Å². The monoisotopic (exact) mass is 370 g/mol. The average Bonchev–Trinajstić information content (AvgIpc) is 2.54. The van der Waals surface area contributed by atoms with Crippen LogP contribution < -0.4 is 5.56 Å². The Kier molecular flexibility index (Phi) is 6.25. The van der Waals surface area contributed by atoms with E-state index >= 15 is 0 Å². The van der Waals surface area contributed by atoms with Crippen molar-refractivity contribution in [2.45, 2.75) is 6.54 Å². The molecule has 0 aliphatic heterocycles. The van der Waals surface area contributed by atoms with Crippen LogP contribution in [0, 0.1) is 0 Å². The molecule has 0 aliphatic carbocycles. The lowest BCUT2D eigenvalue weighted by Crippen LogP contribution is -2.34. The van der Waals surface area contributed by atoms with Crippen LogP contribution in [-0.2, 0) is 11.3 Å². The third kappa shape index (κ3) is 4.50. The predicted octanol–water partition coefficient (Wildman–Crippen LogP) is 2.68. The highest BCUT2D eigenvalue weighted by atomic mass is 35.5. The minimum atomic E-state index is -0.489. The fourth-order valence-electron chi connectivity index (χ4n) is 2.11. The molecule has 0 unspecified atom stereocenters. The first-order valence-corrected chi connectivity index (χ1v) is 7.82. The van der Waals surface area contributed by atoms with Gasteiger partial charge in [-0.2, -0.15) is 0 Å². The lowest BCUT2D eigenvalue weighted by Gasteiger charge is -2.23. The third-order valence-electron chi connectivity index (χ3n) is 3.34. The number of benzene rings is 1. The zero-order valence-electron chi connectivity index (χ0n) is 12.9. The third-order valence-corrected chi connectivity index (χ3v) is 4.08. The summed E-state index contributed by atoms with van der Waals surface area (Å²) in [6, 6.07) is 6.04. The van der Waals surface area contributed by atoms with E-state index in [0.29, 0.717) is 23.2 Å². The first kappa shape index (κ1) is 18.3. The van der Waals surface area contributed by atoms with E-state index in [4.69, 9.17) is 27.9 Å². The van der Waals surface area contributed by atoms with Crippen LogP contribution in [-0.4, -0.2) is 41.2 Å². The number of nitrogens with zero attached hydrogens (tertiary/aromatic N) is 1. The molecule has 0 radical (unpaired) electrons. The van der Waals surface area contributed by atoms with Gasteiger partial charge in [0.15, 0.2) is 0 Å². The zero-order valence-corrected chi connectivity index (χ0v) is 14.4. The van der Waals surface area contributed by atoms with E-state index in [0.717, 1.165) is 11.6 Å². The van der Waals surface area contributed by atoms with E-state index < -0.39 is 11.5 Å². The highest BCUT2D eigenvalue weighted by molar-refractivity contribution is 6.42. The van der Waals surface area contributed by atoms with Crippen molar-refractivity contribution in [3.05, 3.63) is 62.0 Å². The molecule has 0 saturated carbocycles. The second-order valence-electron chi connectivity index (χ2n) is 5.06. The molecule has 24 heavy (non-hydrogen) atoms. The molecule has 2 rings (SSSR count). The van der Waals surface area contributed by atoms with E-state index in [2.05, 4.69) is 4.98 Å². The molecule has 6 nitrogen and oxygen atoms in total. The van der Waals surface area contributed by atoms with Gasteiger partial charge in [-0.15, -0.1) is 0 Å². The summed E-state index contributed by atoms with van der Waals surface area (Å²) in [5.41, 5.74) is 0.292. The molecule has 1 aromatic heterocycles. The standard InChI is InChI=1S/C16H16Cl2N2O4/c1-24-5-4-20(9-10-2-3-12(17)13(18)6-10)16(23)11-8-19-15(22)7-14(11)21/h2-3,6-8H,4-5,9H2,1H3,(H2,19,21,22). The number of aromatic amines is 1. The van der Waals surface area contributed by atoms with Crippen molar-refractivity contribution in [2.75, 3.05) is 20.3 Å². The smallest absolute Gasteiger partial charge is 0.259 e. The number of carbonyl (C=O) groups is 1. The number of ether oxygens (including phenoxy) is 1. The molecule has 0 aliphatic rings. The van der Waals surface area contributed by atoms with E-state index in [-0.39, 0.29) is 17.9 Å². The number of nitrogens with one attached hydrogen (secondary N) is 1. The summed E-state index contributed by atoms with van der Waals surface area (Å²) in [7, 11) is 1.53. The van der Waals surface area contributed by atoms with Crippen molar-refractivity contribution in [3.63, 3.8) is 0 Å². The SMILES string of the molecule is COCCN(Cc1ccc(Cl)c(Cl)c1)C(=O)c1c[nH]c(=O)cc1O. The molecule has 0 saturated heterocycles. The van der Waals surface area contributed by atoms with Crippen LogP contribution in [0.3, 0.4) is 0 Å². The van der Waals surface area contributed by atoms with Gasteiger partial charge in [0, 0.05) is 32.5 Å². The van der Waals surface area contributed by atoms with E-state index in [1.54, 1.807) is 18.2 Å². The summed E-state index contributed by atoms with van der Waals surface area (Å²) in [5.74, 6) is -0.813. The summed E-state index contributed by atoms with van der Waals surface area (Å²) < 4.78 is 5.03. The minimum absolute atomic E-state index is 0.00534. The number of amides is 1. The van der Waals surface area contributed by atoms with Crippen LogP contribution >= 0.6 is 23.2 Å². The van der Waals surface area contributed by atoms with Crippen molar-refractivity contribution < 1.29 is 14.6 Å². The Labute approximate surface area is 148 Å². The zero-order chi connectivity index (χ0) is 17.7. The number of halogens is 2. The Bertz CT molecular complexity index is 792. The molecular formula is C16H16Cl2N2O4. The van der Waals surface area contributed by atoms with Gasteiger partial charge in [-0.3, -0.25) is 9.59 Å². The minimum Gasteiger partial charge on any atom is -0.507 e. The van der Waals surface area contributed by atoms with Crippen molar-refractivity contribution in [1.29, 1.82) is 0 Å². The highest BCUT2D eigenvalue weighted by Crippen LogP contribution is 2.24. The molecule has 1 aromatic carbocycles. The maximum Gasteiger partial charge on any atom is 0.259 e. The first-order valence-electron chi connectivity index (χ1n) is 7.06. The lowest BCUT2D eigenvalue weighted by molar-refractivity contribution is 0.0677. The van der Waals surface area contributed by atoms with Gasteiger partial charge < -0.3 is 19.7 Å². The van der Waals surface area contributed by atoms with Gasteiger partial charge >= 0.3 is 0 Å². The summed E-state index contributed by atoms with van der Waals surface area (Å²) in [4.78, 5) is 27.7. The molecule has 0 atom stereocenters. The molecule has 1 amide bonds. The molecular weight excluding hydrogens is 355 g/mol. The fraction of sp³-hybridized carbons (Fsp3) is 0.250. The van der Waals surface area contributed by atoms with Crippen LogP contribution in [0.2, 0.25) is 10.0 Å². The van der Waals surface area contributed by atoms with E-state index in [9.17, 15) is 14.7 Å². The number of methoxy groups -OCH3 is 1. The van der Waals surface area contributed by atoms with Crippen LogP contribution in [0.25, 0.3) is 0 Å². The number of pyridine rings is 1. The first-order chi connectivity index (χ1) is 11.4. The van der Waals surface area contributed by atoms with Crippen LogP contribution in [0.15, 0.2) is 35.3 Å². The summed E-state index contributed by atoms with van der Waals surface area (Å²) >= 11 is 11.9. The lowest BCUT2D eigenvalue weighted by atomic mass is 10.1. The maximum atomic E-state index is 12.7. The Hall–Kier alpha value is -2.02. The van der Waals surface area contributed by atoms with Gasteiger partial charge in [0.25, 0.3) is 11.5 Å². The fourth-order valence-corrected chi connectivity index (χ4v) is 2.44. The number of hydrogen-bond acceptors (Lipinski definition) is 4. The van der Waals surface area contributed by atoms with E-state index in [1.165, 1.54) is 18.2 Å². The molecule has 2 aromatic rings. The van der Waals surface area contributed by atoms with Crippen LogP contribution in [0.5, 0.6) is 5.75 Å². The summed E-state index contributed by atoms with van der Waals surface area (Å²) in [6.07, 6.45) is 1.19. The molecule has 1 heterocycles. The summed E-state index contributed by atoms with van der Waals surface area (Å²) in [6.45, 7) is 0.864. The molecule has 2 N–H and O–H groups in total. The van der Waals surface area contributed by atoms with Gasteiger partial charge in [-0.25, -0.2) is 0 Å².